The Morgan fingerprint density at radius 1 is 0.921 bits per heavy atom. The first-order valence-corrected chi connectivity index (χ1v) is 15.0. The van der Waals surface area contributed by atoms with E-state index in [1.807, 2.05) is 28.8 Å². The van der Waals surface area contributed by atoms with Gasteiger partial charge < -0.3 is 14.7 Å². The molecule has 6 rings (SSSR count). The number of esters is 1. The number of piperidine rings is 2. The Kier molecular flexibility index (Phi) is 7.39. The largest absolute Gasteiger partial charge is 0.466 e. The van der Waals surface area contributed by atoms with Gasteiger partial charge in [-0.1, -0.05) is 37.8 Å². The second kappa shape index (κ2) is 10.9. The lowest BCUT2D eigenvalue weighted by Gasteiger charge is -2.55. The minimum atomic E-state index is -0.342. The fourth-order valence-electron chi connectivity index (χ4n) is 8.43. The van der Waals surface area contributed by atoms with Crippen molar-refractivity contribution in [2.24, 2.45) is 11.8 Å². The van der Waals surface area contributed by atoms with Crippen molar-refractivity contribution in [3.63, 3.8) is 0 Å². The van der Waals surface area contributed by atoms with Gasteiger partial charge in [0.25, 0.3) is 5.56 Å². The van der Waals surface area contributed by atoms with Crippen LogP contribution in [-0.2, 0) is 9.53 Å². The molecule has 0 spiro atoms. The smallest absolute Gasteiger partial charge is 0.306 e. The Morgan fingerprint density at radius 2 is 1.61 bits per heavy atom. The maximum absolute atomic E-state index is 14.0. The summed E-state index contributed by atoms with van der Waals surface area (Å²) in [5.41, 5.74) is 1.73. The Hall–Kier alpha value is -2.54. The molecule has 2 saturated heterocycles. The monoisotopic (exact) mass is 518 g/mol. The minimum Gasteiger partial charge on any atom is -0.466 e. The summed E-state index contributed by atoms with van der Waals surface area (Å²) < 4.78 is 7.00. The van der Waals surface area contributed by atoms with Gasteiger partial charge in [-0.25, -0.2) is 4.98 Å². The topological polar surface area (TPSA) is 88.3 Å². The number of aromatic nitrogens is 2. The lowest BCUT2D eigenvalue weighted by atomic mass is 9.68. The van der Waals surface area contributed by atoms with Gasteiger partial charge in [0.05, 0.1) is 29.8 Å². The van der Waals surface area contributed by atoms with Gasteiger partial charge in [0.15, 0.2) is 0 Å². The molecule has 4 bridgehead atoms. The molecule has 2 unspecified atom stereocenters. The van der Waals surface area contributed by atoms with Crippen molar-refractivity contribution < 1.29 is 9.53 Å². The van der Waals surface area contributed by atoms with Crippen LogP contribution in [0.15, 0.2) is 29.1 Å². The number of carbonyl (C=O) groups is 1. The molecule has 7 nitrogen and oxygen atoms in total. The number of fused-ring (bicyclic) bond motifs is 5. The summed E-state index contributed by atoms with van der Waals surface area (Å²) in [6.45, 7) is 2.09. The summed E-state index contributed by atoms with van der Waals surface area (Å²) in [6, 6.07) is 9.73. The zero-order valence-electron chi connectivity index (χ0n) is 22.7. The molecule has 0 amide bonds. The lowest BCUT2D eigenvalue weighted by molar-refractivity contribution is -0.142. The Bertz CT molecular complexity index is 1230. The molecular weight excluding hydrogens is 476 g/mol. The molecule has 2 aliphatic heterocycles. The van der Waals surface area contributed by atoms with E-state index in [-0.39, 0.29) is 41.8 Å². The van der Waals surface area contributed by atoms with Crippen LogP contribution in [0.1, 0.15) is 102 Å². The number of para-hydroxylation sites is 2. The van der Waals surface area contributed by atoms with Gasteiger partial charge in [0, 0.05) is 30.6 Å². The van der Waals surface area contributed by atoms with E-state index in [1.165, 1.54) is 57.8 Å². The van der Waals surface area contributed by atoms with Crippen molar-refractivity contribution in [2.45, 2.75) is 115 Å². The normalized spacial score (nSPS) is 31.2. The first-order chi connectivity index (χ1) is 18.5. The molecule has 5 atom stereocenters. The van der Waals surface area contributed by atoms with E-state index < -0.39 is 0 Å². The number of hydrogen-bond donors (Lipinski definition) is 1. The third-order valence-electron chi connectivity index (χ3n) is 9.86. The molecule has 2 aromatic rings. The molecule has 204 valence electrons. The average Bonchev–Trinajstić information content (AvgIpc) is 2.90. The van der Waals surface area contributed by atoms with Crippen LogP contribution in [-0.4, -0.2) is 50.9 Å². The Morgan fingerprint density at radius 3 is 2.32 bits per heavy atom. The first kappa shape index (κ1) is 25.7. The van der Waals surface area contributed by atoms with E-state index >= 15 is 0 Å². The van der Waals surface area contributed by atoms with Gasteiger partial charge in [-0.05, 0) is 75.8 Å². The average molecular weight is 519 g/mol. The number of benzene rings is 1. The first-order valence-electron chi connectivity index (χ1n) is 15.0. The molecule has 4 aliphatic rings. The van der Waals surface area contributed by atoms with Crippen molar-refractivity contribution in [1.29, 1.82) is 5.41 Å². The molecule has 1 aromatic heterocycles. The van der Waals surface area contributed by atoms with Crippen LogP contribution in [0.25, 0.3) is 11.0 Å². The van der Waals surface area contributed by atoms with Crippen molar-refractivity contribution >= 4 is 22.7 Å². The summed E-state index contributed by atoms with van der Waals surface area (Å²) in [4.78, 5) is 33.4. The van der Waals surface area contributed by atoms with E-state index in [0.29, 0.717) is 24.7 Å². The summed E-state index contributed by atoms with van der Waals surface area (Å²) in [7, 11) is 0. The fourth-order valence-corrected chi connectivity index (χ4v) is 8.43. The van der Waals surface area contributed by atoms with Crippen LogP contribution in [0.2, 0.25) is 0 Å². The maximum atomic E-state index is 14.0. The van der Waals surface area contributed by atoms with Gasteiger partial charge in [0.1, 0.15) is 5.69 Å². The van der Waals surface area contributed by atoms with E-state index in [1.54, 1.807) is 6.92 Å². The molecule has 3 heterocycles. The molecule has 1 N–H and O–H groups in total. The van der Waals surface area contributed by atoms with Crippen LogP contribution in [0.5, 0.6) is 0 Å². The molecule has 7 heteroatoms. The van der Waals surface area contributed by atoms with E-state index in [9.17, 15) is 9.59 Å². The Labute approximate surface area is 225 Å². The van der Waals surface area contributed by atoms with Crippen LogP contribution < -0.4 is 5.56 Å². The van der Waals surface area contributed by atoms with E-state index in [2.05, 4.69) is 9.88 Å². The quantitative estimate of drug-likeness (QED) is 0.379. The van der Waals surface area contributed by atoms with Gasteiger partial charge >= 0.3 is 5.97 Å². The Balaban J connectivity index is 1.29. The standard InChI is InChI=1S/C31H42N4O3/c1-2-38-29(36)14-13-26(32)30-31(37)35(28-12-4-3-11-27(28)33-30)25-18-22-9-6-10-23(19-25)34(22)24-16-20-7-5-8-21(15-20)17-24/h3-4,11-12,20-25,32H,2,5-10,13-19H2,1H3/t20?,21?,22-,23+,24?,25+. The van der Waals surface area contributed by atoms with Crippen molar-refractivity contribution in [1.82, 2.24) is 14.5 Å². The summed E-state index contributed by atoms with van der Waals surface area (Å²) in [5.74, 6) is 1.49. The molecule has 0 radical (unpaired) electrons. The number of carbonyl (C=O) groups excluding carboxylic acids is 1. The number of hydrogen-bond acceptors (Lipinski definition) is 6. The van der Waals surface area contributed by atoms with Crippen molar-refractivity contribution in [2.75, 3.05) is 6.61 Å². The van der Waals surface area contributed by atoms with Gasteiger partial charge in [-0.2, -0.15) is 0 Å². The summed E-state index contributed by atoms with van der Waals surface area (Å²) in [5, 5.41) is 8.64. The molecule has 38 heavy (non-hydrogen) atoms. The third kappa shape index (κ3) is 4.94. The fraction of sp³-hybridized carbons (Fsp3) is 0.677. The molecular formula is C31H42N4O3. The maximum Gasteiger partial charge on any atom is 0.306 e. The van der Waals surface area contributed by atoms with Crippen LogP contribution in [0.3, 0.4) is 0 Å². The van der Waals surface area contributed by atoms with Crippen molar-refractivity contribution in [3.8, 4) is 0 Å². The predicted octanol–water partition coefficient (Wildman–Crippen LogP) is 5.63. The minimum absolute atomic E-state index is 0.0898. The SMILES string of the molecule is CCOC(=O)CCC(=N)c1nc2ccccc2n([C@H]2C[C@H]3CCC[C@@H](C2)N3C2CC3CCCC(C3)C2)c1=O. The molecule has 2 aliphatic carbocycles. The van der Waals surface area contributed by atoms with Crippen LogP contribution >= 0.6 is 0 Å². The highest BCUT2D eigenvalue weighted by atomic mass is 16.5. The van der Waals surface area contributed by atoms with Crippen molar-refractivity contribution in [3.05, 3.63) is 40.3 Å². The van der Waals surface area contributed by atoms with Gasteiger partial charge in [0.2, 0.25) is 0 Å². The van der Waals surface area contributed by atoms with Crippen LogP contribution in [0.4, 0.5) is 0 Å². The second-order valence-electron chi connectivity index (χ2n) is 12.2. The lowest BCUT2D eigenvalue weighted by Crippen LogP contribution is -2.58. The number of nitrogens with zero attached hydrogens (tertiary/aromatic N) is 3. The summed E-state index contributed by atoms with van der Waals surface area (Å²) in [6.07, 6.45) is 14.4. The van der Waals surface area contributed by atoms with E-state index in [4.69, 9.17) is 10.1 Å². The zero-order chi connectivity index (χ0) is 26.2. The highest BCUT2D eigenvalue weighted by molar-refractivity contribution is 5.98. The van der Waals surface area contributed by atoms with Gasteiger partial charge in [-0.15, -0.1) is 0 Å². The molecule has 1 aromatic carbocycles. The zero-order valence-corrected chi connectivity index (χ0v) is 22.7. The third-order valence-corrected chi connectivity index (χ3v) is 9.86. The molecule has 2 saturated carbocycles. The molecule has 4 fully saturated rings. The summed E-state index contributed by atoms with van der Waals surface area (Å²) >= 11 is 0. The van der Waals surface area contributed by atoms with E-state index in [0.717, 1.165) is 35.7 Å². The van der Waals surface area contributed by atoms with Gasteiger partial charge in [-0.3, -0.25) is 14.5 Å². The highest BCUT2D eigenvalue weighted by Crippen LogP contribution is 2.47. The number of ether oxygens (including phenoxy) is 1. The second-order valence-corrected chi connectivity index (χ2v) is 12.2. The number of rotatable bonds is 7. The van der Waals surface area contributed by atoms with Crippen LogP contribution in [0, 0.1) is 17.2 Å². The number of nitrogens with one attached hydrogen (secondary N) is 1. The predicted molar refractivity (Wildman–Crippen MR) is 149 cm³/mol. The highest BCUT2D eigenvalue weighted by Gasteiger charge is 2.45.